The fourth-order valence-corrected chi connectivity index (χ4v) is 3.53. The molecular weight excluding hydrogens is 451 g/mol. The average Bonchev–Trinajstić information content (AvgIpc) is 2.50. The van der Waals surface area contributed by atoms with Crippen LogP contribution in [0.4, 0.5) is 11.4 Å². The second-order valence-electron chi connectivity index (χ2n) is 5.38. The Morgan fingerprint density at radius 2 is 1.88 bits per heavy atom. The average molecular weight is 466 g/mol. The Bertz CT molecular complexity index is 920. The number of anilines is 2. The first kappa shape index (κ1) is 20.0. The largest absolute Gasteiger partial charge is 0.323 e. The molecule has 0 aliphatic carbocycles. The van der Waals surface area contributed by atoms with Gasteiger partial charge in [-0.15, -0.1) is 0 Å². The lowest BCUT2D eigenvalue weighted by Gasteiger charge is -2.22. The fraction of sp³-hybridized carbons (Fsp3) is 0.188. The molecule has 0 atom stereocenters. The first-order valence-electron chi connectivity index (χ1n) is 7.06. The van der Waals surface area contributed by atoms with Crippen molar-refractivity contribution >= 4 is 66.4 Å². The Morgan fingerprint density at radius 3 is 2.48 bits per heavy atom. The molecule has 2 aromatic carbocycles. The van der Waals surface area contributed by atoms with E-state index < -0.39 is 15.9 Å². The molecule has 0 fully saturated rings. The number of carbonyl (C=O) groups excluding carboxylic acids is 1. The van der Waals surface area contributed by atoms with Gasteiger partial charge in [0, 0.05) is 9.50 Å². The van der Waals surface area contributed by atoms with Crippen LogP contribution in [0.3, 0.4) is 0 Å². The normalized spacial score (nSPS) is 11.2. The molecule has 0 saturated carbocycles. The molecule has 0 heterocycles. The summed E-state index contributed by atoms with van der Waals surface area (Å²) in [5.74, 6) is -0.532. The predicted octanol–water partition coefficient (Wildman–Crippen LogP) is 4.47. The van der Waals surface area contributed by atoms with Gasteiger partial charge in [0.2, 0.25) is 15.9 Å². The molecule has 25 heavy (non-hydrogen) atoms. The number of halogens is 3. The van der Waals surface area contributed by atoms with Crippen LogP contribution in [0.2, 0.25) is 10.0 Å². The molecule has 2 rings (SSSR count). The third-order valence-corrected chi connectivity index (χ3v) is 5.91. The Morgan fingerprint density at radius 1 is 1.20 bits per heavy atom. The maximum absolute atomic E-state index is 12.3. The van der Waals surface area contributed by atoms with Crippen molar-refractivity contribution in [1.29, 1.82) is 0 Å². The summed E-state index contributed by atoms with van der Waals surface area (Å²) < 4.78 is 26.1. The summed E-state index contributed by atoms with van der Waals surface area (Å²) >= 11 is 15.3. The zero-order chi connectivity index (χ0) is 18.8. The van der Waals surface area contributed by atoms with Crippen molar-refractivity contribution in [1.82, 2.24) is 0 Å². The number of amides is 1. The van der Waals surface area contributed by atoms with Gasteiger partial charge in [0.25, 0.3) is 0 Å². The van der Waals surface area contributed by atoms with E-state index in [-0.39, 0.29) is 6.54 Å². The summed E-state index contributed by atoms with van der Waals surface area (Å²) in [6.45, 7) is 1.45. The van der Waals surface area contributed by atoms with Gasteiger partial charge in [-0.05, 0) is 48.9 Å². The Labute approximate surface area is 165 Å². The maximum Gasteiger partial charge on any atom is 0.245 e. The number of nitrogens with one attached hydrogen (secondary N) is 1. The van der Waals surface area contributed by atoms with E-state index in [1.54, 1.807) is 30.3 Å². The van der Waals surface area contributed by atoms with Crippen molar-refractivity contribution in [3.05, 3.63) is 56.5 Å². The van der Waals surface area contributed by atoms with Crippen LogP contribution in [0.25, 0.3) is 0 Å². The SMILES string of the molecule is Cc1cc(N(CC(=O)Nc2cc(Cl)ccc2Cl)S(C)(=O)=O)ccc1Br. The highest BCUT2D eigenvalue weighted by molar-refractivity contribution is 9.10. The van der Waals surface area contributed by atoms with E-state index in [0.29, 0.717) is 21.4 Å². The number of sulfonamides is 1. The quantitative estimate of drug-likeness (QED) is 0.708. The molecule has 0 saturated heterocycles. The van der Waals surface area contributed by atoms with Gasteiger partial charge < -0.3 is 5.32 Å². The van der Waals surface area contributed by atoms with Gasteiger partial charge in [0.15, 0.2) is 0 Å². The highest BCUT2D eigenvalue weighted by Crippen LogP contribution is 2.27. The van der Waals surface area contributed by atoms with E-state index in [0.717, 1.165) is 20.6 Å². The Balaban J connectivity index is 2.27. The Kier molecular flexibility index (Phi) is 6.37. The van der Waals surface area contributed by atoms with Crippen LogP contribution in [0.15, 0.2) is 40.9 Å². The third-order valence-electron chi connectivity index (χ3n) is 3.32. The van der Waals surface area contributed by atoms with Gasteiger partial charge in [-0.2, -0.15) is 0 Å². The fourth-order valence-electron chi connectivity index (χ4n) is 2.10. The van der Waals surface area contributed by atoms with E-state index in [1.165, 1.54) is 6.07 Å². The van der Waals surface area contributed by atoms with Crippen LogP contribution in [-0.2, 0) is 14.8 Å². The van der Waals surface area contributed by atoms with Crippen LogP contribution < -0.4 is 9.62 Å². The molecular formula is C16H15BrCl2N2O3S. The number of carbonyl (C=O) groups is 1. The van der Waals surface area contributed by atoms with Crippen molar-refractivity contribution < 1.29 is 13.2 Å². The molecule has 9 heteroatoms. The first-order valence-corrected chi connectivity index (χ1v) is 10.5. The number of hydrogen-bond acceptors (Lipinski definition) is 3. The number of benzene rings is 2. The number of hydrogen-bond donors (Lipinski definition) is 1. The van der Waals surface area contributed by atoms with E-state index in [9.17, 15) is 13.2 Å². The minimum absolute atomic E-state index is 0.308. The summed E-state index contributed by atoms with van der Waals surface area (Å²) in [5.41, 5.74) is 1.57. The molecule has 0 aliphatic rings. The molecule has 0 aliphatic heterocycles. The molecule has 0 aromatic heterocycles. The van der Waals surface area contributed by atoms with Gasteiger partial charge >= 0.3 is 0 Å². The third kappa shape index (κ3) is 5.34. The maximum atomic E-state index is 12.3. The van der Waals surface area contributed by atoms with Gasteiger partial charge in [-0.1, -0.05) is 39.1 Å². The lowest BCUT2D eigenvalue weighted by Crippen LogP contribution is -2.37. The molecule has 1 amide bonds. The molecule has 0 unspecified atom stereocenters. The van der Waals surface area contributed by atoms with Crippen molar-refractivity contribution in [2.45, 2.75) is 6.92 Å². The van der Waals surface area contributed by atoms with E-state index in [4.69, 9.17) is 23.2 Å². The lowest BCUT2D eigenvalue weighted by atomic mass is 10.2. The van der Waals surface area contributed by atoms with Crippen LogP contribution >= 0.6 is 39.1 Å². The number of aryl methyl sites for hydroxylation is 1. The predicted molar refractivity (Wildman–Crippen MR) is 106 cm³/mol. The highest BCUT2D eigenvalue weighted by Gasteiger charge is 2.21. The van der Waals surface area contributed by atoms with Gasteiger partial charge in [0.1, 0.15) is 6.54 Å². The second-order valence-corrected chi connectivity index (χ2v) is 8.98. The van der Waals surface area contributed by atoms with Crippen LogP contribution in [0.5, 0.6) is 0 Å². The van der Waals surface area contributed by atoms with Gasteiger partial charge in [-0.25, -0.2) is 8.42 Å². The molecule has 0 radical (unpaired) electrons. The standard InChI is InChI=1S/C16H15BrCl2N2O3S/c1-10-7-12(4-5-13(10)17)21(25(2,23)24)9-16(22)20-15-8-11(18)3-6-14(15)19/h3-8H,9H2,1-2H3,(H,20,22). The van der Waals surface area contributed by atoms with E-state index in [1.807, 2.05) is 6.92 Å². The summed E-state index contributed by atoms with van der Waals surface area (Å²) in [4.78, 5) is 12.3. The van der Waals surface area contributed by atoms with Gasteiger partial charge in [-0.3, -0.25) is 9.10 Å². The first-order chi connectivity index (χ1) is 11.6. The topological polar surface area (TPSA) is 66.5 Å². The molecule has 1 N–H and O–H groups in total. The zero-order valence-corrected chi connectivity index (χ0v) is 17.3. The van der Waals surface area contributed by atoms with Crippen molar-refractivity contribution in [3.8, 4) is 0 Å². The smallest absolute Gasteiger partial charge is 0.245 e. The zero-order valence-electron chi connectivity index (χ0n) is 13.4. The molecule has 134 valence electrons. The molecule has 2 aromatic rings. The number of rotatable bonds is 5. The van der Waals surface area contributed by atoms with Gasteiger partial charge in [0.05, 0.1) is 22.7 Å². The number of nitrogens with zero attached hydrogens (tertiary/aromatic N) is 1. The summed E-state index contributed by atoms with van der Waals surface area (Å²) in [6, 6.07) is 9.67. The van der Waals surface area contributed by atoms with Crippen molar-refractivity contribution in [3.63, 3.8) is 0 Å². The highest BCUT2D eigenvalue weighted by atomic mass is 79.9. The van der Waals surface area contributed by atoms with Crippen molar-refractivity contribution in [2.75, 3.05) is 22.4 Å². The van der Waals surface area contributed by atoms with Crippen molar-refractivity contribution in [2.24, 2.45) is 0 Å². The van der Waals surface area contributed by atoms with Crippen LogP contribution in [0, 0.1) is 6.92 Å². The van der Waals surface area contributed by atoms with Crippen LogP contribution in [-0.4, -0.2) is 27.1 Å². The molecule has 0 bridgehead atoms. The summed E-state index contributed by atoms with van der Waals surface area (Å²) in [5, 5.41) is 3.29. The molecule has 5 nitrogen and oxygen atoms in total. The Hall–Kier alpha value is -1.28. The van der Waals surface area contributed by atoms with Crippen LogP contribution in [0.1, 0.15) is 5.56 Å². The summed E-state index contributed by atoms with van der Waals surface area (Å²) in [7, 11) is -3.66. The summed E-state index contributed by atoms with van der Waals surface area (Å²) in [6.07, 6.45) is 1.05. The minimum atomic E-state index is -3.66. The van der Waals surface area contributed by atoms with E-state index in [2.05, 4.69) is 21.2 Å². The second kappa shape index (κ2) is 7.95. The monoisotopic (exact) mass is 464 g/mol. The van der Waals surface area contributed by atoms with E-state index >= 15 is 0 Å². The lowest BCUT2D eigenvalue weighted by molar-refractivity contribution is -0.114. The minimum Gasteiger partial charge on any atom is -0.323 e. The molecule has 0 spiro atoms.